The Morgan fingerprint density at radius 1 is 1.07 bits per heavy atom. The summed E-state index contributed by atoms with van der Waals surface area (Å²) in [7, 11) is 1.57. The van der Waals surface area contributed by atoms with Gasteiger partial charge in [-0.25, -0.2) is 9.78 Å². The molecule has 0 bridgehead atoms. The van der Waals surface area contributed by atoms with Crippen LogP contribution in [-0.2, 0) is 0 Å². The number of ether oxygens (including phenoxy) is 1. The topological polar surface area (TPSA) is 78.0 Å². The van der Waals surface area contributed by atoms with Crippen LogP contribution < -0.4 is 10.1 Å². The lowest BCUT2D eigenvalue weighted by Crippen LogP contribution is -2.60. The molecule has 1 N–H and O–H groups in total. The lowest BCUT2D eigenvalue weighted by molar-refractivity contribution is 0.0306. The van der Waals surface area contributed by atoms with Crippen molar-refractivity contribution in [3.05, 3.63) is 24.0 Å². The zero-order chi connectivity index (χ0) is 19.5. The van der Waals surface area contributed by atoms with Crippen molar-refractivity contribution in [3.63, 3.8) is 0 Å². The van der Waals surface area contributed by atoms with Gasteiger partial charge in [-0.15, -0.1) is 0 Å². The normalized spacial score (nSPS) is 21.5. The van der Waals surface area contributed by atoms with Gasteiger partial charge in [0.15, 0.2) is 0 Å². The van der Waals surface area contributed by atoms with E-state index in [0.29, 0.717) is 24.5 Å². The maximum absolute atomic E-state index is 12.8. The first-order valence-corrected chi connectivity index (χ1v) is 10.3. The molecule has 1 saturated carbocycles. The van der Waals surface area contributed by atoms with Gasteiger partial charge in [-0.2, -0.15) is 0 Å². The molecule has 3 heterocycles. The van der Waals surface area contributed by atoms with E-state index >= 15 is 0 Å². The van der Waals surface area contributed by atoms with E-state index in [4.69, 9.17) is 4.74 Å². The molecule has 3 aliphatic rings. The number of carbonyl (C=O) groups is 2. The quantitative estimate of drug-likeness (QED) is 0.840. The standard InChI is InChI=1S/C20H29N5O3/c1-21-19(26)18-7-6-16(12-22-18)28-17-13-25(14-17)20(27)24-9-3-8-23(10-11-24)15-4-2-5-15/h6-7,12,15,17H,2-5,8-11,13-14H2,1H3,(H,21,26). The van der Waals surface area contributed by atoms with E-state index in [1.54, 1.807) is 25.4 Å². The largest absolute Gasteiger partial charge is 0.485 e. The molecule has 0 radical (unpaired) electrons. The van der Waals surface area contributed by atoms with Gasteiger partial charge < -0.3 is 19.9 Å². The fraction of sp³-hybridized carbons (Fsp3) is 0.650. The maximum atomic E-state index is 12.8. The summed E-state index contributed by atoms with van der Waals surface area (Å²) < 4.78 is 5.87. The predicted octanol–water partition coefficient (Wildman–Crippen LogP) is 1.18. The Hall–Kier alpha value is -2.35. The van der Waals surface area contributed by atoms with Crippen LogP contribution in [0.15, 0.2) is 18.3 Å². The minimum Gasteiger partial charge on any atom is -0.485 e. The lowest BCUT2D eigenvalue weighted by atomic mass is 9.91. The molecule has 4 rings (SSSR count). The Kier molecular flexibility index (Phi) is 5.66. The lowest BCUT2D eigenvalue weighted by Gasteiger charge is -2.41. The minimum absolute atomic E-state index is 0.0185. The third kappa shape index (κ3) is 4.06. The van der Waals surface area contributed by atoms with Crippen LogP contribution in [0, 0.1) is 0 Å². The van der Waals surface area contributed by atoms with Crippen molar-refractivity contribution in [2.45, 2.75) is 37.8 Å². The number of rotatable bonds is 4. The summed E-state index contributed by atoms with van der Waals surface area (Å²) in [4.78, 5) is 34.8. The van der Waals surface area contributed by atoms with Gasteiger partial charge in [-0.3, -0.25) is 9.69 Å². The second kappa shape index (κ2) is 8.34. The molecule has 28 heavy (non-hydrogen) atoms. The van der Waals surface area contributed by atoms with Gasteiger partial charge in [0.1, 0.15) is 17.5 Å². The molecule has 152 valence electrons. The Labute approximate surface area is 165 Å². The summed E-state index contributed by atoms with van der Waals surface area (Å²) >= 11 is 0. The first-order valence-electron chi connectivity index (χ1n) is 10.3. The van der Waals surface area contributed by atoms with Crippen LogP contribution in [0.25, 0.3) is 0 Å². The molecule has 1 aromatic rings. The number of nitrogens with zero attached hydrogens (tertiary/aromatic N) is 4. The van der Waals surface area contributed by atoms with Crippen LogP contribution in [0.1, 0.15) is 36.2 Å². The summed E-state index contributed by atoms with van der Waals surface area (Å²) in [6, 6.07) is 4.26. The number of hydrogen-bond acceptors (Lipinski definition) is 5. The number of likely N-dealkylation sites (tertiary alicyclic amines) is 1. The molecule has 0 atom stereocenters. The molecule has 2 aliphatic heterocycles. The Morgan fingerprint density at radius 2 is 1.89 bits per heavy atom. The number of amides is 3. The highest BCUT2D eigenvalue weighted by atomic mass is 16.5. The summed E-state index contributed by atoms with van der Waals surface area (Å²) in [5, 5.41) is 2.54. The summed E-state index contributed by atoms with van der Waals surface area (Å²) in [6.45, 7) is 4.96. The van der Waals surface area contributed by atoms with Gasteiger partial charge in [0.25, 0.3) is 5.91 Å². The van der Waals surface area contributed by atoms with Crippen LogP contribution in [0.4, 0.5) is 4.79 Å². The molecule has 8 nitrogen and oxygen atoms in total. The smallest absolute Gasteiger partial charge is 0.320 e. The maximum Gasteiger partial charge on any atom is 0.320 e. The number of pyridine rings is 1. The number of nitrogens with one attached hydrogen (secondary N) is 1. The van der Waals surface area contributed by atoms with E-state index in [1.165, 1.54) is 19.3 Å². The zero-order valence-electron chi connectivity index (χ0n) is 16.5. The molecule has 8 heteroatoms. The first-order chi connectivity index (χ1) is 13.6. The first kappa shape index (κ1) is 19.0. The van der Waals surface area contributed by atoms with Crippen molar-refractivity contribution in [2.24, 2.45) is 0 Å². The molecule has 0 unspecified atom stereocenters. The molecule has 0 aromatic carbocycles. The highest BCUT2D eigenvalue weighted by molar-refractivity contribution is 5.91. The molecule has 3 amide bonds. The van der Waals surface area contributed by atoms with E-state index in [2.05, 4.69) is 15.2 Å². The Balaban J connectivity index is 1.22. The minimum atomic E-state index is -0.222. The number of aromatic nitrogens is 1. The Morgan fingerprint density at radius 3 is 2.54 bits per heavy atom. The van der Waals surface area contributed by atoms with E-state index in [-0.39, 0.29) is 18.0 Å². The molecular formula is C20H29N5O3. The van der Waals surface area contributed by atoms with Crippen molar-refractivity contribution in [3.8, 4) is 5.75 Å². The van der Waals surface area contributed by atoms with Crippen molar-refractivity contribution in [1.29, 1.82) is 0 Å². The van der Waals surface area contributed by atoms with Gasteiger partial charge >= 0.3 is 6.03 Å². The van der Waals surface area contributed by atoms with Crippen LogP contribution in [0.2, 0.25) is 0 Å². The van der Waals surface area contributed by atoms with Gasteiger partial charge in [0.05, 0.1) is 19.3 Å². The van der Waals surface area contributed by atoms with Gasteiger partial charge in [-0.1, -0.05) is 6.42 Å². The van der Waals surface area contributed by atoms with E-state index in [9.17, 15) is 9.59 Å². The molecule has 0 spiro atoms. The number of urea groups is 1. The highest BCUT2D eigenvalue weighted by Gasteiger charge is 2.36. The van der Waals surface area contributed by atoms with Gasteiger partial charge in [0, 0.05) is 39.3 Å². The van der Waals surface area contributed by atoms with Gasteiger partial charge in [-0.05, 0) is 31.4 Å². The van der Waals surface area contributed by atoms with Crippen LogP contribution >= 0.6 is 0 Å². The van der Waals surface area contributed by atoms with Crippen molar-refractivity contribution < 1.29 is 14.3 Å². The fourth-order valence-electron chi connectivity index (χ4n) is 4.02. The van der Waals surface area contributed by atoms with Crippen LogP contribution in [0.3, 0.4) is 0 Å². The van der Waals surface area contributed by atoms with E-state index in [1.807, 2.05) is 9.80 Å². The third-order valence-electron chi connectivity index (χ3n) is 6.01. The monoisotopic (exact) mass is 387 g/mol. The molecular weight excluding hydrogens is 358 g/mol. The highest BCUT2D eigenvalue weighted by Crippen LogP contribution is 2.26. The molecule has 1 aliphatic carbocycles. The fourth-order valence-corrected chi connectivity index (χ4v) is 4.02. The van der Waals surface area contributed by atoms with Crippen molar-refractivity contribution in [2.75, 3.05) is 46.3 Å². The molecule has 1 aromatic heterocycles. The van der Waals surface area contributed by atoms with E-state index < -0.39 is 0 Å². The predicted molar refractivity (Wildman–Crippen MR) is 104 cm³/mol. The zero-order valence-corrected chi connectivity index (χ0v) is 16.5. The summed E-state index contributed by atoms with van der Waals surface area (Å²) in [5.41, 5.74) is 0.359. The van der Waals surface area contributed by atoms with E-state index in [0.717, 1.165) is 38.6 Å². The number of carbonyl (C=O) groups excluding carboxylic acids is 2. The molecule has 3 fully saturated rings. The third-order valence-corrected chi connectivity index (χ3v) is 6.01. The number of hydrogen-bond donors (Lipinski definition) is 1. The van der Waals surface area contributed by atoms with Crippen molar-refractivity contribution >= 4 is 11.9 Å². The average Bonchev–Trinajstić information content (AvgIpc) is 2.88. The van der Waals surface area contributed by atoms with Crippen LogP contribution in [0.5, 0.6) is 5.75 Å². The molecule has 2 saturated heterocycles. The van der Waals surface area contributed by atoms with Crippen molar-refractivity contribution in [1.82, 2.24) is 25.0 Å². The van der Waals surface area contributed by atoms with Gasteiger partial charge in [0.2, 0.25) is 0 Å². The SMILES string of the molecule is CNC(=O)c1ccc(OC2CN(C(=O)N3CCCN(C4CCC4)CC3)C2)cn1. The second-order valence-corrected chi connectivity index (χ2v) is 7.85. The summed E-state index contributed by atoms with van der Waals surface area (Å²) in [5.74, 6) is 0.399. The average molecular weight is 387 g/mol. The Bertz CT molecular complexity index is 700. The summed E-state index contributed by atoms with van der Waals surface area (Å²) in [6.07, 6.45) is 6.58. The van der Waals surface area contributed by atoms with Crippen LogP contribution in [-0.4, -0.2) is 90.1 Å². The second-order valence-electron chi connectivity index (χ2n) is 7.85.